The molecule has 1 aromatic heterocycles. The van der Waals surface area contributed by atoms with Crippen molar-refractivity contribution in [1.82, 2.24) is 4.90 Å². The van der Waals surface area contributed by atoms with Crippen LogP contribution in [0.5, 0.6) is 5.75 Å². The lowest BCUT2D eigenvalue weighted by molar-refractivity contribution is -0.122. The van der Waals surface area contributed by atoms with Crippen LogP contribution in [0, 0.1) is 5.92 Å². The fraction of sp³-hybridized carbons (Fsp3) is 0.407. The fourth-order valence-electron chi connectivity index (χ4n) is 5.17. The zero-order chi connectivity index (χ0) is 22.7. The molecule has 32 heavy (non-hydrogen) atoms. The maximum Gasteiger partial charge on any atom is 0.343 e. The molecule has 0 aliphatic carbocycles. The molecule has 1 aliphatic heterocycles. The summed E-state index contributed by atoms with van der Waals surface area (Å²) in [5.41, 5.74) is 0.745. The van der Waals surface area contributed by atoms with Crippen LogP contribution in [-0.2, 0) is 4.79 Å². The fourth-order valence-corrected chi connectivity index (χ4v) is 5.17. The molecule has 1 saturated heterocycles. The molecule has 0 unspecified atom stereocenters. The Balaban J connectivity index is 1.86. The number of piperidine rings is 1. The van der Waals surface area contributed by atoms with Crippen molar-refractivity contribution in [3.8, 4) is 5.75 Å². The Morgan fingerprint density at radius 2 is 1.84 bits per heavy atom. The Kier molecular flexibility index (Phi) is 6.75. The molecule has 3 atom stereocenters. The molecule has 3 aromatic rings. The molecular formula is C27H31NO4. The molecular weight excluding hydrogens is 402 g/mol. The Bertz CT molecular complexity index is 1140. The minimum atomic E-state index is -0.591. The van der Waals surface area contributed by atoms with Gasteiger partial charge in [-0.15, -0.1) is 0 Å². The first-order valence-electron chi connectivity index (χ1n) is 11.6. The van der Waals surface area contributed by atoms with Gasteiger partial charge >= 0.3 is 5.63 Å². The molecule has 2 heterocycles. The third kappa shape index (κ3) is 4.35. The summed E-state index contributed by atoms with van der Waals surface area (Å²) >= 11 is 0. The monoisotopic (exact) mass is 433 g/mol. The van der Waals surface area contributed by atoms with Crippen molar-refractivity contribution < 1.29 is 14.3 Å². The maximum absolute atomic E-state index is 13.2. The van der Waals surface area contributed by atoms with Gasteiger partial charge in [-0.1, -0.05) is 55.8 Å². The van der Waals surface area contributed by atoms with Crippen LogP contribution in [0.4, 0.5) is 0 Å². The molecule has 0 spiro atoms. The highest BCUT2D eigenvalue weighted by molar-refractivity contribution is 5.86. The van der Waals surface area contributed by atoms with Gasteiger partial charge in [0, 0.05) is 24.4 Å². The van der Waals surface area contributed by atoms with Gasteiger partial charge in [0.05, 0.1) is 10.9 Å². The Morgan fingerprint density at radius 1 is 1.12 bits per heavy atom. The highest BCUT2D eigenvalue weighted by atomic mass is 16.4. The van der Waals surface area contributed by atoms with Crippen LogP contribution in [-0.4, -0.2) is 34.9 Å². The molecule has 1 aliphatic rings. The maximum atomic E-state index is 13.2. The topological polar surface area (TPSA) is 70.8 Å². The number of para-hydroxylation sites is 1. The van der Waals surface area contributed by atoms with Crippen molar-refractivity contribution in [3.63, 3.8) is 0 Å². The van der Waals surface area contributed by atoms with Crippen LogP contribution in [0.25, 0.3) is 11.0 Å². The number of likely N-dealkylation sites (tertiary alicyclic amines) is 1. The molecule has 0 bridgehead atoms. The first-order chi connectivity index (χ1) is 15.5. The average Bonchev–Trinajstić information content (AvgIpc) is 2.81. The second-order valence-electron chi connectivity index (χ2n) is 8.81. The number of benzene rings is 2. The lowest BCUT2D eigenvalue weighted by Gasteiger charge is -2.39. The van der Waals surface area contributed by atoms with Gasteiger partial charge < -0.3 is 9.52 Å². The van der Waals surface area contributed by atoms with E-state index in [1.165, 1.54) is 6.42 Å². The average molecular weight is 434 g/mol. The zero-order valence-electron chi connectivity index (χ0n) is 18.8. The quantitative estimate of drug-likeness (QED) is 0.525. The largest absolute Gasteiger partial charge is 0.507 e. The highest BCUT2D eigenvalue weighted by Crippen LogP contribution is 2.39. The second kappa shape index (κ2) is 9.70. The molecule has 0 saturated carbocycles. The van der Waals surface area contributed by atoms with E-state index in [0.29, 0.717) is 23.6 Å². The summed E-state index contributed by atoms with van der Waals surface area (Å²) in [6.45, 7) is 5.27. The number of carbonyl (C=O) groups excluding carboxylic acids is 1. The highest BCUT2D eigenvalue weighted by Gasteiger charge is 2.36. The van der Waals surface area contributed by atoms with Gasteiger partial charge in [0.1, 0.15) is 17.1 Å². The summed E-state index contributed by atoms with van der Waals surface area (Å²) in [7, 11) is 0. The first kappa shape index (κ1) is 22.3. The molecule has 5 heteroatoms. The standard InChI is InChI=1S/C27H31NO4/c1-3-20-13-9-10-16-28(20)17-22(18(2)29)24(19-11-5-4-6-12-19)25-26(30)21-14-7-8-15-23(21)32-27(25)31/h4-8,11-12,14-15,20,22,24,30H,3,9-10,13,16-17H2,1-2H3/t20-,22+,24+/m1/s1. The Labute approximate surface area is 188 Å². The zero-order valence-corrected chi connectivity index (χ0v) is 18.8. The van der Waals surface area contributed by atoms with Gasteiger partial charge in [0.2, 0.25) is 0 Å². The number of hydrogen-bond donors (Lipinski definition) is 1. The number of carbonyl (C=O) groups is 1. The number of ketones is 1. The number of hydrogen-bond acceptors (Lipinski definition) is 5. The van der Waals surface area contributed by atoms with Gasteiger partial charge in [-0.05, 0) is 50.4 Å². The first-order valence-corrected chi connectivity index (χ1v) is 11.6. The molecule has 4 rings (SSSR count). The SMILES string of the molecule is CC[C@@H]1CCCCN1C[C@@H](C(C)=O)[C@H](c1ccccc1)c1c(O)c2ccccc2oc1=O. The molecule has 5 nitrogen and oxygen atoms in total. The van der Waals surface area contributed by atoms with Gasteiger partial charge in [0.25, 0.3) is 0 Å². The summed E-state index contributed by atoms with van der Waals surface area (Å²) in [4.78, 5) is 28.6. The van der Waals surface area contributed by atoms with Crippen molar-refractivity contribution in [2.24, 2.45) is 5.92 Å². The number of nitrogens with zero attached hydrogens (tertiary/aromatic N) is 1. The third-order valence-electron chi connectivity index (χ3n) is 6.87. The van der Waals surface area contributed by atoms with Crippen LogP contribution in [0.3, 0.4) is 0 Å². The summed E-state index contributed by atoms with van der Waals surface area (Å²) in [6.07, 6.45) is 4.47. The third-order valence-corrected chi connectivity index (χ3v) is 6.87. The Hall–Kier alpha value is -2.92. The molecule has 0 amide bonds. The van der Waals surface area contributed by atoms with Crippen LogP contribution < -0.4 is 5.63 Å². The smallest absolute Gasteiger partial charge is 0.343 e. The van der Waals surface area contributed by atoms with Crippen LogP contribution >= 0.6 is 0 Å². The van der Waals surface area contributed by atoms with E-state index in [9.17, 15) is 14.7 Å². The normalized spacial score (nSPS) is 19.0. The molecule has 168 valence electrons. The summed E-state index contributed by atoms with van der Waals surface area (Å²) < 4.78 is 5.60. The lowest BCUT2D eigenvalue weighted by atomic mass is 9.78. The Morgan fingerprint density at radius 3 is 2.56 bits per heavy atom. The van der Waals surface area contributed by atoms with Crippen molar-refractivity contribution in [2.45, 2.75) is 51.5 Å². The van der Waals surface area contributed by atoms with Crippen LogP contribution in [0.2, 0.25) is 0 Å². The van der Waals surface area contributed by atoms with E-state index < -0.39 is 17.5 Å². The van der Waals surface area contributed by atoms with E-state index in [-0.39, 0.29) is 17.1 Å². The number of aromatic hydroxyl groups is 1. The van der Waals surface area contributed by atoms with Gasteiger partial charge in [-0.25, -0.2) is 4.79 Å². The van der Waals surface area contributed by atoms with E-state index in [4.69, 9.17) is 4.42 Å². The van der Waals surface area contributed by atoms with Crippen molar-refractivity contribution >= 4 is 16.8 Å². The number of Topliss-reactive ketones (excluding diaryl/α,β-unsaturated/α-hetero) is 1. The van der Waals surface area contributed by atoms with Crippen molar-refractivity contribution in [1.29, 1.82) is 0 Å². The number of rotatable bonds is 7. The predicted octanol–water partition coefficient (Wildman–Crippen LogP) is 5.10. The van der Waals surface area contributed by atoms with E-state index in [1.54, 1.807) is 31.2 Å². The van der Waals surface area contributed by atoms with E-state index in [0.717, 1.165) is 31.4 Å². The molecule has 2 aromatic carbocycles. The van der Waals surface area contributed by atoms with Crippen molar-refractivity contribution in [2.75, 3.05) is 13.1 Å². The van der Waals surface area contributed by atoms with E-state index in [2.05, 4.69) is 11.8 Å². The second-order valence-corrected chi connectivity index (χ2v) is 8.81. The van der Waals surface area contributed by atoms with Crippen LogP contribution in [0.15, 0.2) is 63.8 Å². The van der Waals surface area contributed by atoms with Gasteiger partial charge in [-0.2, -0.15) is 0 Å². The lowest BCUT2D eigenvalue weighted by Crippen LogP contribution is -2.45. The van der Waals surface area contributed by atoms with E-state index in [1.807, 2.05) is 30.3 Å². The minimum absolute atomic E-state index is 0.00578. The minimum Gasteiger partial charge on any atom is -0.507 e. The molecule has 1 N–H and O–H groups in total. The predicted molar refractivity (Wildman–Crippen MR) is 126 cm³/mol. The molecule has 0 radical (unpaired) electrons. The summed E-state index contributed by atoms with van der Waals surface area (Å²) in [5, 5.41) is 11.7. The van der Waals surface area contributed by atoms with E-state index >= 15 is 0 Å². The number of fused-ring (bicyclic) bond motifs is 1. The van der Waals surface area contributed by atoms with Gasteiger partial charge in [0.15, 0.2) is 0 Å². The van der Waals surface area contributed by atoms with Crippen LogP contribution in [0.1, 0.15) is 56.6 Å². The van der Waals surface area contributed by atoms with Crippen molar-refractivity contribution in [3.05, 3.63) is 76.1 Å². The molecule has 1 fully saturated rings. The summed E-state index contributed by atoms with van der Waals surface area (Å²) in [5.74, 6) is -1.15. The summed E-state index contributed by atoms with van der Waals surface area (Å²) in [6, 6.07) is 16.9. The van der Waals surface area contributed by atoms with Gasteiger partial charge in [-0.3, -0.25) is 9.69 Å².